The summed E-state index contributed by atoms with van der Waals surface area (Å²) >= 11 is 0. The van der Waals surface area contributed by atoms with Crippen LogP contribution in [0.15, 0.2) is 5.10 Å². The maximum atomic E-state index is 4.15. The summed E-state index contributed by atoms with van der Waals surface area (Å²) in [6.07, 6.45) is 4.47. The highest BCUT2D eigenvalue weighted by Gasteiger charge is 1.93. The zero-order valence-electron chi connectivity index (χ0n) is 7.46. The highest BCUT2D eigenvalue weighted by atomic mass is 15.4. The van der Waals surface area contributed by atoms with E-state index in [-0.39, 0.29) is 0 Å². The van der Waals surface area contributed by atoms with E-state index in [0.29, 0.717) is 5.92 Å². The first-order valence-electron chi connectivity index (χ1n) is 3.88. The lowest BCUT2D eigenvalue weighted by atomic mass is 10.1. The van der Waals surface area contributed by atoms with Crippen molar-refractivity contribution in [3.05, 3.63) is 0 Å². The van der Waals surface area contributed by atoms with E-state index >= 15 is 0 Å². The largest absolute Gasteiger partial charge is 0.303 e. The van der Waals surface area contributed by atoms with Crippen molar-refractivity contribution in [1.29, 1.82) is 0 Å². The molecule has 0 aromatic rings. The molecule has 0 amide bonds. The fraction of sp³-hybridized carbons (Fsp3) is 0.875. The van der Waals surface area contributed by atoms with Crippen molar-refractivity contribution in [2.45, 2.75) is 26.7 Å². The Morgan fingerprint density at radius 3 is 2.50 bits per heavy atom. The molecule has 1 unspecified atom stereocenters. The van der Waals surface area contributed by atoms with Crippen molar-refractivity contribution in [2.75, 3.05) is 14.1 Å². The number of rotatable bonds is 4. The van der Waals surface area contributed by atoms with E-state index in [1.54, 1.807) is 0 Å². The van der Waals surface area contributed by atoms with Crippen molar-refractivity contribution >= 4 is 6.21 Å². The SMILES string of the molecule is CCCC(C)/C=N/N(C)C. The van der Waals surface area contributed by atoms with E-state index in [4.69, 9.17) is 0 Å². The summed E-state index contributed by atoms with van der Waals surface area (Å²) in [5.74, 6) is 0.618. The summed E-state index contributed by atoms with van der Waals surface area (Å²) in [4.78, 5) is 0. The highest BCUT2D eigenvalue weighted by molar-refractivity contribution is 5.59. The van der Waals surface area contributed by atoms with E-state index < -0.39 is 0 Å². The van der Waals surface area contributed by atoms with Crippen LogP contribution in [0.2, 0.25) is 0 Å². The van der Waals surface area contributed by atoms with Crippen LogP contribution in [0.1, 0.15) is 26.7 Å². The molecule has 0 heterocycles. The maximum Gasteiger partial charge on any atom is 0.0273 e. The Labute approximate surface area is 63.9 Å². The first-order valence-corrected chi connectivity index (χ1v) is 3.88. The molecule has 0 radical (unpaired) electrons. The first kappa shape index (κ1) is 9.47. The molecule has 0 rings (SSSR count). The van der Waals surface area contributed by atoms with Gasteiger partial charge in [-0.1, -0.05) is 20.3 Å². The van der Waals surface area contributed by atoms with Crippen LogP contribution >= 0.6 is 0 Å². The summed E-state index contributed by atoms with van der Waals surface area (Å²) in [6, 6.07) is 0. The Morgan fingerprint density at radius 2 is 2.10 bits per heavy atom. The number of hydrogen-bond donors (Lipinski definition) is 0. The van der Waals surface area contributed by atoms with Crippen LogP contribution in [-0.4, -0.2) is 25.3 Å². The van der Waals surface area contributed by atoms with Gasteiger partial charge in [0.05, 0.1) is 0 Å². The third-order valence-corrected chi connectivity index (χ3v) is 1.30. The monoisotopic (exact) mass is 142 g/mol. The lowest BCUT2D eigenvalue weighted by molar-refractivity contribution is 0.435. The fourth-order valence-corrected chi connectivity index (χ4v) is 0.777. The number of nitrogens with zero attached hydrogens (tertiary/aromatic N) is 2. The van der Waals surface area contributed by atoms with Gasteiger partial charge in [0, 0.05) is 20.3 Å². The second-order valence-corrected chi connectivity index (χ2v) is 2.88. The predicted molar refractivity (Wildman–Crippen MR) is 46.3 cm³/mol. The molecule has 10 heavy (non-hydrogen) atoms. The van der Waals surface area contributed by atoms with Crippen molar-refractivity contribution in [1.82, 2.24) is 5.01 Å². The van der Waals surface area contributed by atoms with Gasteiger partial charge in [-0.25, -0.2) is 0 Å². The minimum Gasteiger partial charge on any atom is -0.303 e. The minimum atomic E-state index is 0.618. The first-order chi connectivity index (χ1) is 4.66. The lowest BCUT2D eigenvalue weighted by Crippen LogP contribution is -2.05. The van der Waals surface area contributed by atoms with Gasteiger partial charge in [-0.15, -0.1) is 0 Å². The molecule has 60 valence electrons. The van der Waals surface area contributed by atoms with Crippen molar-refractivity contribution in [3.8, 4) is 0 Å². The van der Waals surface area contributed by atoms with E-state index in [0.717, 1.165) is 0 Å². The molecule has 0 saturated heterocycles. The van der Waals surface area contributed by atoms with Crippen molar-refractivity contribution < 1.29 is 0 Å². The Balaban J connectivity index is 3.45. The molecule has 2 nitrogen and oxygen atoms in total. The van der Waals surface area contributed by atoms with E-state index in [1.165, 1.54) is 12.8 Å². The average Bonchev–Trinajstić information content (AvgIpc) is 1.85. The van der Waals surface area contributed by atoms with Crippen LogP contribution < -0.4 is 0 Å². The average molecular weight is 142 g/mol. The Kier molecular flexibility index (Phi) is 4.99. The molecule has 0 aliphatic rings. The lowest BCUT2D eigenvalue weighted by Gasteiger charge is -2.05. The zero-order valence-corrected chi connectivity index (χ0v) is 7.46. The van der Waals surface area contributed by atoms with Gasteiger partial charge < -0.3 is 5.01 Å². The van der Waals surface area contributed by atoms with Gasteiger partial charge in [-0.05, 0) is 12.3 Å². The Hall–Kier alpha value is -0.530. The van der Waals surface area contributed by atoms with E-state index in [2.05, 4.69) is 18.9 Å². The predicted octanol–water partition coefficient (Wildman–Crippen LogP) is 1.97. The molecule has 0 N–H and O–H groups in total. The summed E-state index contributed by atoms with van der Waals surface area (Å²) in [6.45, 7) is 4.39. The van der Waals surface area contributed by atoms with Crippen LogP contribution in [-0.2, 0) is 0 Å². The molecule has 0 spiro atoms. The van der Waals surface area contributed by atoms with Gasteiger partial charge >= 0.3 is 0 Å². The van der Waals surface area contributed by atoms with Gasteiger partial charge in [-0.3, -0.25) is 0 Å². The molecule has 1 atom stereocenters. The molecule has 0 aliphatic heterocycles. The smallest absolute Gasteiger partial charge is 0.0273 e. The summed E-state index contributed by atoms with van der Waals surface area (Å²) < 4.78 is 0. The van der Waals surface area contributed by atoms with Gasteiger partial charge in [-0.2, -0.15) is 5.10 Å². The topological polar surface area (TPSA) is 15.6 Å². The fourth-order valence-electron chi connectivity index (χ4n) is 0.777. The third kappa shape index (κ3) is 5.60. The molecule has 0 fully saturated rings. The molecule has 2 heteroatoms. The summed E-state index contributed by atoms with van der Waals surface area (Å²) in [5.41, 5.74) is 0. The van der Waals surface area contributed by atoms with Gasteiger partial charge in [0.2, 0.25) is 0 Å². The molecule has 0 aromatic carbocycles. The number of hydrogen-bond acceptors (Lipinski definition) is 2. The third-order valence-electron chi connectivity index (χ3n) is 1.30. The highest BCUT2D eigenvalue weighted by Crippen LogP contribution is 2.00. The summed E-state index contributed by atoms with van der Waals surface area (Å²) in [7, 11) is 3.88. The maximum absolute atomic E-state index is 4.15. The van der Waals surface area contributed by atoms with Crippen LogP contribution in [0.3, 0.4) is 0 Å². The second-order valence-electron chi connectivity index (χ2n) is 2.88. The summed E-state index contributed by atoms with van der Waals surface area (Å²) in [5, 5.41) is 5.98. The molecule has 0 aliphatic carbocycles. The van der Waals surface area contributed by atoms with Crippen LogP contribution in [0.5, 0.6) is 0 Å². The quantitative estimate of drug-likeness (QED) is 0.433. The normalized spacial score (nSPS) is 14.0. The molecule has 0 bridgehead atoms. The standard InChI is InChI=1S/C8H18N2/c1-5-6-8(2)7-9-10(3)4/h7-8H,5-6H2,1-4H3/b9-7+. The number of hydrazone groups is 1. The minimum absolute atomic E-state index is 0.618. The van der Waals surface area contributed by atoms with E-state index in [9.17, 15) is 0 Å². The second kappa shape index (κ2) is 5.27. The Morgan fingerprint density at radius 1 is 1.50 bits per heavy atom. The molecular formula is C8H18N2. The Bertz CT molecular complexity index is 97.4. The van der Waals surface area contributed by atoms with Gasteiger partial charge in [0.15, 0.2) is 0 Å². The van der Waals surface area contributed by atoms with Crippen LogP contribution in [0, 0.1) is 5.92 Å². The molecule has 0 aromatic heterocycles. The molecule has 0 saturated carbocycles. The zero-order chi connectivity index (χ0) is 7.98. The molecular weight excluding hydrogens is 124 g/mol. The van der Waals surface area contributed by atoms with Crippen LogP contribution in [0.25, 0.3) is 0 Å². The van der Waals surface area contributed by atoms with E-state index in [1.807, 2.05) is 25.3 Å². The van der Waals surface area contributed by atoms with Crippen molar-refractivity contribution in [3.63, 3.8) is 0 Å². The van der Waals surface area contributed by atoms with Gasteiger partial charge in [0.25, 0.3) is 0 Å². The van der Waals surface area contributed by atoms with Crippen molar-refractivity contribution in [2.24, 2.45) is 11.0 Å². The van der Waals surface area contributed by atoms with Gasteiger partial charge in [0.1, 0.15) is 0 Å². The van der Waals surface area contributed by atoms with Crippen LogP contribution in [0.4, 0.5) is 0 Å².